The van der Waals surface area contributed by atoms with Crippen molar-refractivity contribution in [2.45, 2.75) is 19.6 Å². The second-order valence-electron chi connectivity index (χ2n) is 4.92. The molecule has 3 aromatic rings. The highest BCUT2D eigenvalue weighted by molar-refractivity contribution is 7.99. The molecule has 1 amide bonds. The Morgan fingerprint density at radius 3 is 3.00 bits per heavy atom. The van der Waals surface area contributed by atoms with Gasteiger partial charge in [0, 0.05) is 11.3 Å². The van der Waals surface area contributed by atoms with Crippen molar-refractivity contribution in [1.82, 2.24) is 14.8 Å². The van der Waals surface area contributed by atoms with Gasteiger partial charge in [0.2, 0.25) is 5.91 Å². The SMILES string of the molecule is Cc1noc(C)c1CSCC(=O)Nc1cccc2ccnn12. The zero-order valence-corrected chi connectivity index (χ0v) is 13.2. The monoisotopic (exact) mass is 316 g/mol. The zero-order valence-electron chi connectivity index (χ0n) is 12.4. The van der Waals surface area contributed by atoms with Crippen LogP contribution in [0.4, 0.5) is 5.82 Å². The first-order chi connectivity index (χ1) is 10.6. The van der Waals surface area contributed by atoms with Gasteiger partial charge >= 0.3 is 0 Å². The molecule has 0 saturated heterocycles. The fraction of sp³-hybridized carbons (Fsp3) is 0.267. The lowest BCUT2D eigenvalue weighted by atomic mass is 10.2. The van der Waals surface area contributed by atoms with Crippen molar-refractivity contribution < 1.29 is 9.32 Å². The third-order valence-corrected chi connectivity index (χ3v) is 4.31. The molecule has 0 radical (unpaired) electrons. The van der Waals surface area contributed by atoms with Gasteiger partial charge in [-0.3, -0.25) is 4.79 Å². The average molecular weight is 316 g/mol. The van der Waals surface area contributed by atoms with Gasteiger partial charge in [0.1, 0.15) is 11.6 Å². The molecule has 114 valence electrons. The van der Waals surface area contributed by atoms with Crippen LogP contribution in [0.5, 0.6) is 0 Å². The topological polar surface area (TPSA) is 72.4 Å². The molecule has 0 aromatic carbocycles. The Morgan fingerprint density at radius 1 is 1.36 bits per heavy atom. The average Bonchev–Trinajstić information content (AvgIpc) is 3.09. The van der Waals surface area contributed by atoms with E-state index in [4.69, 9.17) is 4.52 Å². The van der Waals surface area contributed by atoms with Crippen LogP contribution >= 0.6 is 11.8 Å². The lowest BCUT2D eigenvalue weighted by Gasteiger charge is -2.07. The van der Waals surface area contributed by atoms with Crippen molar-refractivity contribution in [3.63, 3.8) is 0 Å². The minimum absolute atomic E-state index is 0.0558. The Bertz CT molecular complexity index is 789. The number of pyridine rings is 1. The fourth-order valence-corrected chi connectivity index (χ4v) is 3.15. The van der Waals surface area contributed by atoms with Crippen molar-refractivity contribution in [3.8, 4) is 0 Å². The smallest absolute Gasteiger partial charge is 0.235 e. The summed E-state index contributed by atoms with van der Waals surface area (Å²) >= 11 is 1.53. The molecule has 3 heterocycles. The molecule has 0 aliphatic carbocycles. The van der Waals surface area contributed by atoms with Crippen molar-refractivity contribution in [2.24, 2.45) is 0 Å². The standard InChI is InChI=1S/C15H16N4O2S/c1-10-13(11(2)21-18-10)8-22-9-15(20)17-14-5-3-4-12-6-7-16-19(12)14/h3-7H,8-9H2,1-2H3,(H,17,20). The molecule has 0 saturated carbocycles. The van der Waals surface area contributed by atoms with Gasteiger partial charge in [0.15, 0.2) is 0 Å². The number of fused-ring (bicyclic) bond motifs is 1. The summed E-state index contributed by atoms with van der Waals surface area (Å²) in [5, 5.41) is 11.0. The van der Waals surface area contributed by atoms with Gasteiger partial charge in [0.25, 0.3) is 0 Å². The molecule has 0 atom stereocenters. The number of carbonyl (C=O) groups is 1. The molecule has 0 aliphatic rings. The predicted octanol–water partition coefficient (Wildman–Crippen LogP) is 2.81. The Hall–Kier alpha value is -2.28. The van der Waals surface area contributed by atoms with Crippen molar-refractivity contribution in [1.29, 1.82) is 0 Å². The Kier molecular flexibility index (Phi) is 4.15. The number of hydrogen-bond donors (Lipinski definition) is 1. The van der Waals surface area contributed by atoms with Crippen LogP contribution in [-0.4, -0.2) is 26.4 Å². The molecule has 1 N–H and O–H groups in total. The van der Waals surface area contributed by atoms with Crippen LogP contribution in [0, 0.1) is 13.8 Å². The van der Waals surface area contributed by atoms with Gasteiger partial charge in [-0.05, 0) is 32.0 Å². The van der Waals surface area contributed by atoms with Gasteiger partial charge in [-0.25, -0.2) is 4.52 Å². The van der Waals surface area contributed by atoms with Crippen LogP contribution in [0.1, 0.15) is 17.0 Å². The summed E-state index contributed by atoms with van der Waals surface area (Å²) in [5.41, 5.74) is 2.89. The normalized spacial score (nSPS) is 11.0. The Balaban J connectivity index is 1.58. The van der Waals surface area contributed by atoms with E-state index in [-0.39, 0.29) is 5.91 Å². The maximum atomic E-state index is 12.1. The quantitative estimate of drug-likeness (QED) is 0.783. The lowest BCUT2D eigenvalue weighted by Crippen LogP contribution is -2.16. The predicted molar refractivity (Wildman–Crippen MR) is 86.0 cm³/mol. The molecule has 0 aliphatic heterocycles. The number of nitrogens with one attached hydrogen (secondary N) is 1. The molecule has 22 heavy (non-hydrogen) atoms. The summed E-state index contributed by atoms with van der Waals surface area (Å²) in [6, 6.07) is 7.55. The highest BCUT2D eigenvalue weighted by atomic mass is 32.2. The summed E-state index contributed by atoms with van der Waals surface area (Å²) in [7, 11) is 0. The molecule has 0 fully saturated rings. The van der Waals surface area contributed by atoms with E-state index in [1.54, 1.807) is 10.7 Å². The van der Waals surface area contributed by atoms with E-state index in [0.29, 0.717) is 17.3 Å². The number of amides is 1. The number of carbonyl (C=O) groups excluding carboxylic acids is 1. The fourth-order valence-electron chi connectivity index (χ4n) is 2.18. The largest absolute Gasteiger partial charge is 0.361 e. The van der Waals surface area contributed by atoms with E-state index in [1.807, 2.05) is 38.1 Å². The molecule has 0 bridgehead atoms. The second-order valence-corrected chi connectivity index (χ2v) is 5.91. The number of hydrogen-bond acceptors (Lipinski definition) is 5. The van der Waals surface area contributed by atoms with Crippen LogP contribution < -0.4 is 5.32 Å². The maximum Gasteiger partial charge on any atom is 0.235 e. The number of aryl methyl sites for hydroxylation is 2. The summed E-state index contributed by atoms with van der Waals surface area (Å²) in [4.78, 5) is 12.1. The van der Waals surface area contributed by atoms with Gasteiger partial charge in [-0.15, -0.1) is 11.8 Å². The first-order valence-electron chi connectivity index (χ1n) is 6.87. The van der Waals surface area contributed by atoms with E-state index in [9.17, 15) is 4.79 Å². The number of aromatic nitrogens is 3. The van der Waals surface area contributed by atoms with E-state index in [0.717, 1.165) is 22.5 Å². The molecule has 7 heteroatoms. The highest BCUT2D eigenvalue weighted by Gasteiger charge is 2.11. The molecule has 3 aromatic heterocycles. The lowest BCUT2D eigenvalue weighted by molar-refractivity contribution is -0.113. The highest BCUT2D eigenvalue weighted by Crippen LogP contribution is 2.19. The molecule has 6 nitrogen and oxygen atoms in total. The second kappa shape index (κ2) is 6.23. The molecule has 0 spiro atoms. The summed E-state index contributed by atoms with van der Waals surface area (Å²) in [6.45, 7) is 3.79. The first-order valence-corrected chi connectivity index (χ1v) is 8.03. The van der Waals surface area contributed by atoms with E-state index >= 15 is 0 Å². The molecule has 0 unspecified atom stereocenters. The third-order valence-electron chi connectivity index (χ3n) is 3.35. The molecular weight excluding hydrogens is 300 g/mol. The van der Waals surface area contributed by atoms with Gasteiger partial charge < -0.3 is 9.84 Å². The van der Waals surface area contributed by atoms with Crippen molar-refractivity contribution >= 4 is 29.0 Å². The maximum absolute atomic E-state index is 12.1. The zero-order chi connectivity index (χ0) is 15.5. The van der Waals surface area contributed by atoms with Gasteiger partial charge in [0.05, 0.1) is 23.2 Å². The number of rotatable bonds is 5. The minimum atomic E-state index is -0.0558. The van der Waals surface area contributed by atoms with E-state index in [2.05, 4.69) is 15.6 Å². The van der Waals surface area contributed by atoms with Gasteiger partial charge in [-0.1, -0.05) is 11.2 Å². The van der Waals surface area contributed by atoms with E-state index in [1.165, 1.54) is 11.8 Å². The van der Waals surface area contributed by atoms with Crippen LogP contribution in [0.25, 0.3) is 5.52 Å². The summed E-state index contributed by atoms with van der Waals surface area (Å²) in [5.74, 6) is 2.50. The van der Waals surface area contributed by atoms with Crippen LogP contribution in [0.15, 0.2) is 35.0 Å². The summed E-state index contributed by atoms with van der Waals surface area (Å²) in [6.07, 6.45) is 1.71. The van der Waals surface area contributed by atoms with E-state index < -0.39 is 0 Å². The Morgan fingerprint density at radius 2 is 2.23 bits per heavy atom. The number of thioether (sulfide) groups is 1. The van der Waals surface area contributed by atoms with Crippen LogP contribution in [0.2, 0.25) is 0 Å². The molecular formula is C15H16N4O2S. The third kappa shape index (κ3) is 2.99. The van der Waals surface area contributed by atoms with Crippen LogP contribution in [-0.2, 0) is 10.5 Å². The van der Waals surface area contributed by atoms with Gasteiger partial charge in [-0.2, -0.15) is 5.10 Å². The van der Waals surface area contributed by atoms with Crippen molar-refractivity contribution in [3.05, 3.63) is 47.5 Å². The number of nitrogens with zero attached hydrogens (tertiary/aromatic N) is 3. The number of anilines is 1. The first kappa shape index (κ1) is 14.6. The van der Waals surface area contributed by atoms with Crippen molar-refractivity contribution in [2.75, 3.05) is 11.1 Å². The Labute approximate surface area is 131 Å². The minimum Gasteiger partial charge on any atom is -0.361 e. The summed E-state index contributed by atoms with van der Waals surface area (Å²) < 4.78 is 6.82. The van der Waals surface area contributed by atoms with Crippen LogP contribution in [0.3, 0.4) is 0 Å². The molecule has 3 rings (SSSR count).